The fraction of sp³-hybridized carbons (Fsp3) is 0.692. The Kier molecular flexibility index (Phi) is 4.09. The molecule has 16 heavy (non-hydrogen) atoms. The summed E-state index contributed by atoms with van der Waals surface area (Å²) >= 11 is 5.31. The first-order chi connectivity index (χ1) is 7.60. The summed E-state index contributed by atoms with van der Waals surface area (Å²) in [5, 5.41) is 2.14. The molecule has 0 radical (unpaired) electrons. The molecule has 1 heterocycles. The summed E-state index contributed by atoms with van der Waals surface area (Å²) in [5.41, 5.74) is 6.79. The minimum absolute atomic E-state index is 0.318. The average Bonchev–Trinajstić information content (AvgIpc) is 2.65. The molecule has 2 rings (SSSR count). The highest BCUT2D eigenvalue weighted by atomic mass is 79.9. The second-order valence-electron chi connectivity index (χ2n) is 5.26. The van der Waals surface area contributed by atoms with Crippen LogP contribution in [0.4, 0.5) is 0 Å². The number of thiophene rings is 1. The molecule has 0 spiro atoms. The first kappa shape index (κ1) is 12.6. The van der Waals surface area contributed by atoms with Crippen LogP contribution in [-0.4, -0.2) is 6.04 Å². The molecular weight excluding hydrogens is 282 g/mol. The van der Waals surface area contributed by atoms with Crippen LogP contribution < -0.4 is 5.73 Å². The molecule has 1 aliphatic carbocycles. The topological polar surface area (TPSA) is 26.0 Å². The number of rotatable bonds is 3. The van der Waals surface area contributed by atoms with E-state index in [2.05, 4.69) is 34.3 Å². The van der Waals surface area contributed by atoms with E-state index in [9.17, 15) is 0 Å². The molecule has 1 atom stereocenters. The maximum Gasteiger partial charge on any atom is 0.0285 e. The van der Waals surface area contributed by atoms with Gasteiger partial charge in [0.2, 0.25) is 0 Å². The van der Waals surface area contributed by atoms with Gasteiger partial charge in [-0.1, -0.05) is 26.2 Å². The fourth-order valence-corrected chi connectivity index (χ4v) is 4.17. The predicted octanol–water partition coefficient (Wildman–Crippen LogP) is 4.35. The van der Waals surface area contributed by atoms with Crippen LogP contribution in [0.2, 0.25) is 0 Å². The quantitative estimate of drug-likeness (QED) is 0.882. The van der Waals surface area contributed by atoms with Gasteiger partial charge in [-0.05, 0) is 46.7 Å². The molecular formula is C13H20BrNS. The molecule has 90 valence electrons. The lowest BCUT2D eigenvalue weighted by molar-refractivity contribution is 0.169. The number of halogens is 1. The lowest BCUT2D eigenvalue weighted by Gasteiger charge is -2.38. The Balaban J connectivity index is 1.98. The van der Waals surface area contributed by atoms with E-state index in [1.165, 1.54) is 41.5 Å². The molecule has 1 aromatic heterocycles. The number of hydrogen-bond donors (Lipinski definition) is 1. The Morgan fingerprint density at radius 2 is 2.12 bits per heavy atom. The largest absolute Gasteiger partial charge is 0.327 e. The van der Waals surface area contributed by atoms with Crippen LogP contribution in [0, 0.1) is 5.41 Å². The van der Waals surface area contributed by atoms with Crippen molar-refractivity contribution in [2.45, 2.75) is 51.5 Å². The first-order valence-electron chi connectivity index (χ1n) is 6.09. The van der Waals surface area contributed by atoms with E-state index in [4.69, 9.17) is 5.73 Å². The summed E-state index contributed by atoms with van der Waals surface area (Å²) in [6.07, 6.45) is 7.76. The van der Waals surface area contributed by atoms with E-state index in [0.29, 0.717) is 11.5 Å². The highest BCUT2D eigenvalue weighted by Gasteiger charge is 2.33. The SMILES string of the molecule is CC1(C(N)Cc2cc(Br)cs2)CCCCC1. The predicted molar refractivity (Wildman–Crippen MR) is 74.9 cm³/mol. The van der Waals surface area contributed by atoms with Gasteiger partial charge in [0.25, 0.3) is 0 Å². The Labute approximate surface area is 111 Å². The summed E-state index contributed by atoms with van der Waals surface area (Å²) in [6, 6.07) is 2.52. The molecule has 2 N–H and O–H groups in total. The van der Waals surface area contributed by atoms with E-state index >= 15 is 0 Å². The first-order valence-corrected chi connectivity index (χ1v) is 7.76. The smallest absolute Gasteiger partial charge is 0.0285 e. The van der Waals surface area contributed by atoms with Crippen molar-refractivity contribution >= 4 is 27.3 Å². The van der Waals surface area contributed by atoms with Gasteiger partial charge in [-0.2, -0.15) is 0 Å². The fourth-order valence-electron chi connectivity index (χ4n) is 2.65. The molecule has 3 heteroatoms. The van der Waals surface area contributed by atoms with E-state index in [-0.39, 0.29) is 0 Å². The molecule has 1 unspecified atom stereocenters. The Hall–Kier alpha value is 0.140. The van der Waals surface area contributed by atoms with Gasteiger partial charge in [0, 0.05) is 20.8 Å². The summed E-state index contributed by atoms with van der Waals surface area (Å²) in [4.78, 5) is 1.41. The molecule has 0 amide bonds. The maximum absolute atomic E-state index is 6.42. The molecule has 1 nitrogen and oxygen atoms in total. The number of hydrogen-bond acceptors (Lipinski definition) is 2. The zero-order valence-electron chi connectivity index (χ0n) is 9.84. The second-order valence-corrected chi connectivity index (χ2v) is 7.17. The van der Waals surface area contributed by atoms with Gasteiger partial charge in [-0.3, -0.25) is 0 Å². The van der Waals surface area contributed by atoms with E-state index in [0.717, 1.165) is 6.42 Å². The third-order valence-electron chi connectivity index (χ3n) is 3.93. The van der Waals surface area contributed by atoms with Crippen molar-refractivity contribution in [1.29, 1.82) is 0 Å². The Bertz CT molecular complexity index is 341. The third kappa shape index (κ3) is 2.88. The summed E-state index contributed by atoms with van der Waals surface area (Å²) in [7, 11) is 0. The summed E-state index contributed by atoms with van der Waals surface area (Å²) < 4.78 is 1.19. The monoisotopic (exact) mass is 301 g/mol. The van der Waals surface area contributed by atoms with Gasteiger partial charge >= 0.3 is 0 Å². The highest BCUT2D eigenvalue weighted by Crippen LogP contribution is 2.39. The average molecular weight is 302 g/mol. The van der Waals surface area contributed by atoms with Crippen molar-refractivity contribution in [1.82, 2.24) is 0 Å². The molecule has 0 saturated heterocycles. The van der Waals surface area contributed by atoms with Gasteiger partial charge in [-0.15, -0.1) is 11.3 Å². The normalized spacial score (nSPS) is 21.9. The number of nitrogens with two attached hydrogens (primary N) is 1. The van der Waals surface area contributed by atoms with Crippen LogP contribution >= 0.6 is 27.3 Å². The van der Waals surface area contributed by atoms with Crippen molar-refractivity contribution in [2.24, 2.45) is 11.1 Å². The minimum atomic E-state index is 0.318. The van der Waals surface area contributed by atoms with E-state index in [1.807, 2.05) is 11.3 Å². The highest BCUT2D eigenvalue weighted by molar-refractivity contribution is 9.10. The van der Waals surface area contributed by atoms with Gasteiger partial charge in [0.1, 0.15) is 0 Å². The van der Waals surface area contributed by atoms with Crippen molar-refractivity contribution in [3.8, 4) is 0 Å². The van der Waals surface area contributed by atoms with Gasteiger partial charge < -0.3 is 5.73 Å². The summed E-state index contributed by atoms with van der Waals surface area (Å²) in [5.74, 6) is 0. The molecule has 1 aromatic rings. The minimum Gasteiger partial charge on any atom is -0.327 e. The van der Waals surface area contributed by atoms with E-state index < -0.39 is 0 Å². The third-order valence-corrected chi connectivity index (χ3v) is 5.65. The van der Waals surface area contributed by atoms with Crippen molar-refractivity contribution in [3.63, 3.8) is 0 Å². The lowest BCUT2D eigenvalue weighted by atomic mass is 9.70. The molecule has 1 aliphatic rings. The Morgan fingerprint density at radius 3 is 2.69 bits per heavy atom. The summed E-state index contributed by atoms with van der Waals surface area (Å²) in [6.45, 7) is 2.37. The van der Waals surface area contributed by atoms with Crippen LogP contribution in [0.3, 0.4) is 0 Å². The van der Waals surface area contributed by atoms with Gasteiger partial charge in [0.15, 0.2) is 0 Å². The van der Waals surface area contributed by atoms with E-state index in [1.54, 1.807) is 0 Å². The van der Waals surface area contributed by atoms with Crippen LogP contribution in [0.15, 0.2) is 15.9 Å². The van der Waals surface area contributed by atoms with Crippen LogP contribution in [0.25, 0.3) is 0 Å². The zero-order valence-corrected chi connectivity index (χ0v) is 12.2. The van der Waals surface area contributed by atoms with Crippen molar-refractivity contribution in [3.05, 3.63) is 20.8 Å². The zero-order chi connectivity index (χ0) is 11.6. The van der Waals surface area contributed by atoms with Crippen LogP contribution in [-0.2, 0) is 6.42 Å². The standard InChI is InChI=1S/C13H20BrNS/c1-13(5-3-2-4-6-13)12(15)8-11-7-10(14)9-16-11/h7,9,12H,2-6,8,15H2,1H3. The second kappa shape index (κ2) is 5.19. The molecule has 1 saturated carbocycles. The molecule has 0 aliphatic heterocycles. The lowest BCUT2D eigenvalue weighted by Crippen LogP contribution is -2.42. The molecule has 0 aromatic carbocycles. The van der Waals surface area contributed by atoms with Gasteiger partial charge in [-0.25, -0.2) is 0 Å². The van der Waals surface area contributed by atoms with Crippen molar-refractivity contribution < 1.29 is 0 Å². The van der Waals surface area contributed by atoms with Gasteiger partial charge in [0.05, 0.1) is 0 Å². The molecule has 1 fully saturated rings. The maximum atomic E-state index is 6.42. The molecule has 0 bridgehead atoms. The Morgan fingerprint density at radius 1 is 1.44 bits per heavy atom. The van der Waals surface area contributed by atoms with Crippen molar-refractivity contribution in [2.75, 3.05) is 0 Å². The van der Waals surface area contributed by atoms with Crippen LogP contribution in [0.1, 0.15) is 43.9 Å². The van der Waals surface area contributed by atoms with Crippen LogP contribution in [0.5, 0.6) is 0 Å².